The number of hydrogen-bond acceptors (Lipinski definition) is 4. The SMILES string of the molecule is COc1cc(-c2ccc(C)cc2)nc2ccc(C(=O)NCC(C)O)cc12. The van der Waals surface area contributed by atoms with E-state index in [2.05, 4.69) is 5.32 Å². The Labute approximate surface area is 152 Å². The van der Waals surface area contributed by atoms with Crippen LogP contribution in [0.1, 0.15) is 22.8 Å². The van der Waals surface area contributed by atoms with Crippen LogP contribution in [0, 0.1) is 6.92 Å². The number of amides is 1. The summed E-state index contributed by atoms with van der Waals surface area (Å²) in [5, 5.41) is 12.8. The molecule has 1 amide bonds. The normalized spacial score (nSPS) is 12.0. The lowest BCUT2D eigenvalue weighted by Crippen LogP contribution is -2.30. The van der Waals surface area contributed by atoms with Gasteiger partial charge in [0.2, 0.25) is 0 Å². The Morgan fingerprint density at radius 3 is 2.58 bits per heavy atom. The van der Waals surface area contributed by atoms with Gasteiger partial charge >= 0.3 is 0 Å². The van der Waals surface area contributed by atoms with Gasteiger partial charge in [0.15, 0.2) is 0 Å². The van der Waals surface area contributed by atoms with Gasteiger partial charge in [-0.2, -0.15) is 0 Å². The van der Waals surface area contributed by atoms with Crippen molar-refractivity contribution in [1.82, 2.24) is 10.3 Å². The Morgan fingerprint density at radius 1 is 1.19 bits per heavy atom. The van der Waals surface area contributed by atoms with E-state index in [1.807, 2.05) is 43.3 Å². The Balaban J connectivity index is 2.01. The van der Waals surface area contributed by atoms with E-state index in [1.165, 1.54) is 5.56 Å². The lowest BCUT2D eigenvalue weighted by molar-refractivity contribution is 0.0924. The van der Waals surface area contributed by atoms with Crippen LogP contribution < -0.4 is 10.1 Å². The van der Waals surface area contributed by atoms with E-state index >= 15 is 0 Å². The van der Waals surface area contributed by atoms with Crippen LogP contribution in [-0.4, -0.2) is 35.8 Å². The van der Waals surface area contributed by atoms with Gasteiger partial charge in [-0.15, -0.1) is 0 Å². The molecule has 5 nitrogen and oxygen atoms in total. The largest absolute Gasteiger partial charge is 0.496 e. The van der Waals surface area contributed by atoms with E-state index in [-0.39, 0.29) is 12.5 Å². The number of carbonyl (C=O) groups excluding carboxylic acids is 1. The predicted octanol–water partition coefficient (Wildman–Crippen LogP) is 3.33. The number of aryl methyl sites for hydroxylation is 1. The first-order valence-corrected chi connectivity index (χ1v) is 8.50. The van der Waals surface area contributed by atoms with Crippen LogP contribution in [0.2, 0.25) is 0 Å². The maximum absolute atomic E-state index is 12.2. The minimum absolute atomic E-state index is 0.207. The highest BCUT2D eigenvalue weighted by Crippen LogP contribution is 2.30. The zero-order valence-electron chi connectivity index (χ0n) is 15.1. The number of pyridine rings is 1. The van der Waals surface area contributed by atoms with Crippen molar-refractivity contribution in [2.75, 3.05) is 13.7 Å². The van der Waals surface area contributed by atoms with E-state index in [1.54, 1.807) is 26.2 Å². The minimum Gasteiger partial charge on any atom is -0.496 e. The highest BCUT2D eigenvalue weighted by molar-refractivity contribution is 5.99. The molecule has 1 atom stereocenters. The molecular formula is C21H22N2O3. The number of aliphatic hydroxyl groups is 1. The van der Waals surface area contributed by atoms with Crippen molar-refractivity contribution in [2.45, 2.75) is 20.0 Å². The summed E-state index contributed by atoms with van der Waals surface area (Å²) in [5.41, 5.74) is 4.28. The Kier molecular flexibility index (Phi) is 5.19. The monoisotopic (exact) mass is 350 g/mol. The molecule has 2 aromatic carbocycles. The predicted molar refractivity (Wildman–Crippen MR) is 102 cm³/mol. The van der Waals surface area contributed by atoms with Crippen LogP contribution in [-0.2, 0) is 0 Å². The molecule has 1 unspecified atom stereocenters. The Bertz CT molecular complexity index is 934. The molecule has 0 aliphatic heterocycles. The molecule has 0 bridgehead atoms. The van der Waals surface area contributed by atoms with Gasteiger partial charge in [-0.1, -0.05) is 29.8 Å². The lowest BCUT2D eigenvalue weighted by Gasteiger charge is -2.11. The number of nitrogens with zero attached hydrogens (tertiary/aromatic N) is 1. The number of nitrogens with one attached hydrogen (secondary N) is 1. The van der Waals surface area contributed by atoms with Crippen molar-refractivity contribution in [1.29, 1.82) is 0 Å². The fourth-order valence-corrected chi connectivity index (χ4v) is 2.72. The zero-order chi connectivity index (χ0) is 18.7. The number of hydrogen-bond donors (Lipinski definition) is 2. The van der Waals surface area contributed by atoms with E-state index < -0.39 is 6.10 Å². The van der Waals surface area contributed by atoms with Crippen LogP contribution >= 0.6 is 0 Å². The van der Waals surface area contributed by atoms with Gasteiger partial charge in [-0.25, -0.2) is 4.98 Å². The number of aliphatic hydroxyl groups excluding tert-OH is 1. The third kappa shape index (κ3) is 3.83. The molecule has 3 aromatic rings. The van der Waals surface area contributed by atoms with E-state index in [4.69, 9.17) is 9.72 Å². The molecule has 0 saturated heterocycles. The molecular weight excluding hydrogens is 328 g/mol. The first-order chi connectivity index (χ1) is 12.5. The molecule has 0 saturated carbocycles. The summed E-state index contributed by atoms with van der Waals surface area (Å²) >= 11 is 0. The number of carbonyl (C=O) groups is 1. The first-order valence-electron chi connectivity index (χ1n) is 8.50. The van der Waals surface area contributed by atoms with Gasteiger partial charge in [0, 0.05) is 29.1 Å². The second-order valence-electron chi connectivity index (χ2n) is 6.37. The highest BCUT2D eigenvalue weighted by Gasteiger charge is 2.12. The number of methoxy groups -OCH3 is 1. The Hall–Kier alpha value is -2.92. The number of rotatable bonds is 5. The van der Waals surface area contributed by atoms with E-state index in [9.17, 15) is 9.90 Å². The highest BCUT2D eigenvalue weighted by atomic mass is 16.5. The van der Waals surface area contributed by atoms with Crippen LogP contribution in [0.3, 0.4) is 0 Å². The molecule has 5 heteroatoms. The molecule has 0 fully saturated rings. The number of aromatic nitrogens is 1. The fraction of sp³-hybridized carbons (Fsp3) is 0.238. The fourth-order valence-electron chi connectivity index (χ4n) is 2.72. The molecule has 3 rings (SSSR count). The van der Waals surface area contributed by atoms with Crippen LogP contribution in [0.15, 0.2) is 48.5 Å². The molecule has 134 valence electrons. The van der Waals surface area contributed by atoms with Gasteiger partial charge in [-0.3, -0.25) is 4.79 Å². The number of ether oxygens (including phenoxy) is 1. The maximum Gasteiger partial charge on any atom is 0.251 e. The summed E-state index contributed by atoms with van der Waals surface area (Å²) in [5.74, 6) is 0.424. The van der Waals surface area contributed by atoms with Gasteiger partial charge in [0.05, 0.1) is 24.4 Å². The molecule has 1 heterocycles. The Morgan fingerprint density at radius 2 is 1.92 bits per heavy atom. The maximum atomic E-state index is 12.2. The molecule has 0 aliphatic carbocycles. The van der Waals surface area contributed by atoms with Crippen LogP contribution in [0.5, 0.6) is 5.75 Å². The average Bonchev–Trinajstić information content (AvgIpc) is 2.65. The molecule has 0 radical (unpaired) electrons. The minimum atomic E-state index is -0.590. The summed E-state index contributed by atoms with van der Waals surface area (Å²) in [4.78, 5) is 16.9. The quantitative estimate of drug-likeness (QED) is 0.740. The summed E-state index contributed by atoms with van der Waals surface area (Å²) in [7, 11) is 1.61. The summed E-state index contributed by atoms with van der Waals surface area (Å²) in [6.07, 6.45) is -0.590. The first kappa shape index (κ1) is 17.9. The molecule has 26 heavy (non-hydrogen) atoms. The zero-order valence-corrected chi connectivity index (χ0v) is 15.1. The summed E-state index contributed by atoms with van der Waals surface area (Å²) < 4.78 is 5.53. The summed E-state index contributed by atoms with van der Waals surface area (Å²) in [6, 6.07) is 15.3. The van der Waals surface area contributed by atoms with E-state index in [0.717, 1.165) is 22.2 Å². The van der Waals surface area contributed by atoms with Crippen molar-refractivity contribution in [3.05, 3.63) is 59.7 Å². The van der Waals surface area contributed by atoms with Gasteiger partial charge in [0.1, 0.15) is 5.75 Å². The molecule has 0 spiro atoms. The van der Waals surface area contributed by atoms with Gasteiger partial charge < -0.3 is 15.2 Å². The lowest BCUT2D eigenvalue weighted by atomic mass is 10.1. The van der Waals surface area contributed by atoms with Crippen molar-refractivity contribution >= 4 is 16.8 Å². The molecule has 2 N–H and O–H groups in total. The van der Waals surface area contributed by atoms with Crippen LogP contribution in [0.4, 0.5) is 0 Å². The van der Waals surface area contributed by atoms with Crippen molar-refractivity contribution in [3.63, 3.8) is 0 Å². The smallest absolute Gasteiger partial charge is 0.251 e. The average molecular weight is 350 g/mol. The molecule has 0 aliphatic rings. The third-order valence-electron chi connectivity index (χ3n) is 4.16. The van der Waals surface area contributed by atoms with Crippen LogP contribution in [0.25, 0.3) is 22.2 Å². The topological polar surface area (TPSA) is 71.5 Å². The second-order valence-corrected chi connectivity index (χ2v) is 6.37. The van der Waals surface area contributed by atoms with Gasteiger partial charge in [-0.05, 0) is 32.0 Å². The van der Waals surface area contributed by atoms with Gasteiger partial charge in [0.25, 0.3) is 5.91 Å². The third-order valence-corrected chi connectivity index (χ3v) is 4.16. The number of benzene rings is 2. The van der Waals surface area contributed by atoms with Crippen molar-refractivity contribution in [3.8, 4) is 17.0 Å². The van der Waals surface area contributed by atoms with E-state index in [0.29, 0.717) is 11.3 Å². The standard InChI is InChI=1S/C21H22N2O3/c1-13-4-6-15(7-5-13)19-11-20(26-3)17-10-16(8-9-18(17)23-19)21(25)22-12-14(2)24/h4-11,14,24H,12H2,1-3H3,(H,22,25). The molecule has 1 aromatic heterocycles. The summed E-state index contributed by atoms with van der Waals surface area (Å²) in [6.45, 7) is 3.88. The van der Waals surface area contributed by atoms with Crippen molar-refractivity contribution in [2.24, 2.45) is 0 Å². The van der Waals surface area contributed by atoms with Crippen molar-refractivity contribution < 1.29 is 14.6 Å². The second kappa shape index (κ2) is 7.54. The number of fused-ring (bicyclic) bond motifs is 1.